The summed E-state index contributed by atoms with van der Waals surface area (Å²) < 4.78 is 10.4. The minimum Gasteiger partial charge on any atom is -0.481 e. The number of hydrogen-bond donors (Lipinski definition) is 1. The van der Waals surface area contributed by atoms with Crippen molar-refractivity contribution < 1.29 is 14.4 Å². The van der Waals surface area contributed by atoms with Gasteiger partial charge in [0.15, 0.2) is 0 Å². The molecule has 1 unspecified atom stereocenters. The maximum Gasteiger partial charge on any atom is 0.273 e. The van der Waals surface area contributed by atoms with Crippen LogP contribution in [0.4, 0.5) is 22.7 Å². The zero-order valence-electron chi connectivity index (χ0n) is 10.8. The molecule has 1 aliphatic rings. The van der Waals surface area contributed by atoms with Crippen LogP contribution in [0.1, 0.15) is 0 Å². The summed E-state index contributed by atoms with van der Waals surface area (Å²) in [5.41, 5.74) is 6.91. The van der Waals surface area contributed by atoms with Gasteiger partial charge in [-0.15, -0.1) is 0 Å². The summed E-state index contributed by atoms with van der Waals surface area (Å²) in [5, 5.41) is 10.9. The van der Waals surface area contributed by atoms with E-state index in [9.17, 15) is 10.1 Å². The zero-order valence-corrected chi connectivity index (χ0v) is 10.8. The summed E-state index contributed by atoms with van der Waals surface area (Å²) in [6.07, 6.45) is -0.543. The van der Waals surface area contributed by atoms with Gasteiger partial charge in [0.1, 0.15) is 5.69 Å². The largest absolute Gasteiger partial charge is 0.481 e. The first kappa shape index (κ1) is 13.1. The van der Waals surface area contributed by atoms with Gasteiger partial charge in [-0.05, 0) is 0 Å². The highest BCUT2D eigenvalue weighted by molar-refractivity contribution is 5.96. The van der Waals surface area contributed by atoms with Gasteiger partial charge in [-0.1, -0.05) is 0 Å². The summed E-state index contributed by atoms with van der Waals surface area (Å²) in [7, 11) is 4.70. The molecule has 0 amide bonds. The van der Waals surface area contributed by atoms with Crippen LogP contribution in [0.3, 0.4) is 0 Å². The predicted octanol–water partition coefficient (Wildman–Crippen LogP) is 1.28. The van der Waals surface area contributed by atoms with Gasteiger partial charge in [-0.25, -0.2) is 4.99 Å². The van der Waals surface area contributed by atoms with E-state index in [4.69, 9.17) is 15.2 Å². The summed E-state index contributed by atoms with van der Waals surface area (Å²) >= 11 is 0. The molecular weight excluding hydrogens is 252 g/mol. The Kier molecular flexibility index (Phi) is 3.26. The molecule has 19 heavy (non-hydrogen) atoms. The second-order valence-electron chi connectivity index (χ2n) is 4.01. The number of nitro benzene ring substituents is 1. The molecular formula is C11H14N4O4. The summed E-state index contributed by atoms with van der Waals surface area (Å²) in [4.78, 5) is 16.3. The third-order valence-electron chi connectivity index (χ3n) is 2.91. The predicted molar refractivity (Wildman–Crippen MR) is 70.8 cm³/mol. The fourth-order valence-electron chi connectivity index (χ4n) is 1.98. The van der Waals surface area contributed by atoms with Gasteiger partial charge in [0.2, 0.25) is 12.1 Å². The molecule has 0 aromatic heterocycles. The second kappa shape index (κ2) is 4.73. The number of rotatable bonds is 2. The number of ether oxygens (including phenoxy) is 2. The molecule has 1 heterocycles. The van der Waals surface area contributed by atoms with Gasteiger partial charge in [0.25, 0.3) is 5.69 Å². The Morgan fingerprint density at radius 2 is 2.16 bits per heavy atom. The van der Waals surface area contributed by atoms with E-state index in [2.05, 4.69) is 4.99 Å². The van der Waals surface area contributed by atoms with Crippen LogP contribution >= 0.6 is 0 Å². The molecule has 1 aromatic rings. The van der Waals surface area contributed by atoms with E-state index in [1.165, 1.54) is 26.4 Å². The standard InChI is InChI=1S/C11H14N4O4/c1-14-8-5-6(15(16)17)4-7(12)9(8)13-10(18-2)11(14)19-3/h4-5,11H,12H2,1-3H3. The van der Waals surface area contributed by atoms with E-state index < -0.39 is 11.2 Å². The molecule has 0 radical (unpaired) electrons. The van der Waals surface area contributed by atoms with Crippen LogP contribution in [0.5, 0.6) is 0 Å². The molecule has 0 saturated carbocycles. The number of likely N-dealkylation sites (N-methyl/N-ethyl adjacent to an activating group) is 1. The van der Waals surface area contributed by atoms with Gasteiger partial charge in [0.05, 0.1) is 23.4 Å². The van der Waals surface area contributed by atoms with Crippen molar-refractivity contribution in [1.29, 1.82) is 0 Å². The SMILES string of the molecule is COC1=Nc2c(N)cc([N+](=O)[O-])cc2N(C)C1OC. The number of nitrogens with two attached hydrogens (primary N) is 1. The first-order valence-electron chi connectivity index (χ1n) is 5.45. The van der Waals surface area contributed by atoms with Gasteiger partial charge in [0, 0.05) is 26.3 Å². The Bertz CT molecular complexity index is 558. The van der Waals surface area contributed by atoms with Crippen LogP contribution in [0.2, 0.25) is 0 Å². The van der Waals surface area contributed by atoms with Crippen LogP contribution in [0.15, 0.2) is 17.1 Å². The number of methoxy groups -OCH3 is 2. The number of benzene rings is 1. The van der Waals surface area contributed by atoms with E-state index in [1.54, 1.807) is 11.9 Å². The van der Waals surface area contributed by atoms with Crippen LogP contribution in [-0.2, 0) is 9.47 Å². The highest BCUT2D eigenvalue weighted by atomic mass is 16.6. The number of anilines is 2. The highest BCUT2D eigenvalue weighted by Crippen LogP contribution is 2.41. The van der Waals surface area contributed by atoms with Crippen molar-refractivity contribution in [2.24, 2.45) is 4.99 Å². The first-order valence-corrected chi connectivity index (χ1v) is 5.45. The van der Waals surface area contributed by atoms with Gasteiger partial charge < -0.3 is 20.1 Å². The molecule has 2 N–H and O–H groups in total. The average Bonchev–Trinajstić information content (AvgIpc) is 2.38. The number of aliphatic imine (C=N–C) groups is 1. The van der Waals surface area contributed by atoms with Crippen LogP contribution in [0, 0.1) is 10.1 Å². The van der Waals surface area contributed by atoms with E-state index >= 15 is 0 Å². The highest BCUT2D eigenvalue weighted by Gasteiger charge is 2.31. The monoisotopic (exact) mass is 266 g/mol. The lowest BCUT2D eigenvalue weighted by atomic mass is 10.1. The maximum atomic E-state index is 10.9. The van der Waals surface area contributed by atoms with Crippen molar-refractivity contribution in [2.45, 2.75) is 6.23 Å². The minimum absolute atomic E-state index is 0.0889. The van der Waals surface area contributed by atoms with E-state index in [1.807, 2.05) is 0 Å². The lowest BCUT2D eigenvalue weighted by molar-refractivity contribution is -0.384. The fourth-order valence-corrected chi connectivity index (χ4v) is 1.98. The molecule has 102 valence electrons. The van der Waals surface area contributed by atoms with Crippen molar-refractivity contribution in [1.82, 2.24) is 0 Å². The Morgan fingerprint density at radius 1 is 1.47 bits per heavy atom. The molecule has 1 aliphatic heterocycles. The summed E-state index contributed by atoms with van der Waals surface area (Å²) in [6, 6.07) is 2.68. The van der Waals surface area contributed by atoms with Crippen molar-refractivity contribution in [3.05, 3.63) is 22.2 Å². The second-order valence-corrected chi connectivity index (χ2v) is 4.01. The van der Waals surface area contributed by atoms with Crippen molar-refractivity contribution in [2.75, 3.05) is 31.9 Å². The van der Waals surface area contributed by atoms with Crippen molar-refractivity contribution >= 4 is 28.6 Å². The van der Waals surface area contributed by atoms with Gasteiger partial charge in [-0.3, -0.25) is 10.1 Å². The first-order chi connectivity index (χ1) is 8.99. The Labute approximate surface area is 109 Å². The van der Waals surface area contributed by atoms with E-state index in [-0.39, 0.29) is 11.4 Å². The number of nitrogens with zero attached hydrogens (tertiary/aromatic N) is 3. The lowest BCUT2D eigenvalue weighted by Gasteiger charge is -2.33. The van der Waals surface area contributed by atoms with E-state index in [0.29, 0.717) is 17.3 Å². The van der Waals surface area contributed by atoms with Crippen molar-refractivity contribution in [3.8, 4) is 0 Å². The summed E-state index contributed by atoms with van der Waals surface area (Å²) in [5.74, 6) is 0.345. The topological polar surface area (TPSA) is 103 Å². The Hall–Kier alpha value is -2.35. The molecule has 0 bridgehead atoms. The molecule has 0 fully saturated rings. The normalized spacial score (nSPS) is 17.7. The third kappa shape index (κ3) is 2.06. The fraction of sp³-hybridized carbons (Fsp3) is 0.364. The molecule has 0 aliphatic carbocycles. The number of nitrogen functional groups attached to an aromatic ring is 1. The number of hydrogen-bond acceptors (Lipinski definition) is 7. The minimum atomic E-state index is -0.543. The molecule has 1 atom stereocenters. The van der Waals surface area contributed by atoms with Crippen LogP contribution in [-0.4, -0.2) is 38.3 Å². The average molecular weight is 266 g/mol. The maximum absolute atomic E-state index is 10.9. The number of fused-ring (bicyclic) bond motifs is 1. The lowest BCUT2D eigenvalue weighted by Crippen LogP contribution is -2.43. The smallest absolute Gasteiger partial charge is 0.273 e. The van der Waals surface area contributed by atoms with E-state index in [0.717, 1.165) is 0 Å². The molecule has 1 aromatic carbocycles. The molecule has 8 heteroatoms. The zero-order chi connectivity index (χ0) is 14.2. The molecule has 0 saturated heterocycles. The quantitative estimate of drug-likeness (QED) is 0.491. The van der Waals surface area contributed by atoms with Crippen LogP contribution in [0.25, 0.3) is 0 Å². The molecule has 0 spiro atoms. The molecule has 2 rings (SSSR count). The number of non-ortho nitro benzene ring substituents is 1. The third-order valence-corrected chi connectivity index (χ3v) is 2.91. The van der Waals surface area contributed by atoms with Gasteiger partial charge >= 0.3 is 0 Å². The Balaban J connectivity index is 2.63. The van der Waals surface area contributed by atoms with Crippen molar-refractivity contribution in [3.63, 3.8) is 0 Å². The van der Waals surface area contributed by atoms with Crippen LogP contribution < -0.4 is 10.6 Å². The molecule has 8 nitrogen and oxygen atoms in total. The number of nitro groups is 1. The Morgan fingerprint density at radius 3 is 2.68 bits per heavy atom. The van der Waals surface area contributed by atoms with Gasteiger partial charge in [-0.2, -0.15) is 0 Å². The summed E-state index contributed by atoms with van der Waals surface area (Å²) in [6.45, 7) is 0.